The van der Waals surface area contributed by atoms with Crippen LogP contribution in [0.3, 0.4) is 0 Å². The molecule has 0 unspecified atom stereocenters. The number of anilines is 1. The van der Waals surface area contributed by atoms with Crippen molar-refractivity contribution >= 4 is 11.7 Å². The van der Waals surface area contributed by atoms with Gasteiger partial charge in [-0.25, -0.2) is 9.97 Å². The fourth-order valence-corrected chi connectivity index (χ4v) is 3.64. The van der Waals surface area contributed by atoms with Crippen molar-refractivity contribution in [2.45, 2.75) is 26.4 Å². The minimum absolute atomic E-state index is 0.271. The van der Waals surface area contributed by atoms with Crippen LogP contribution in [-0.4, -0.2) is 33.9 Å². The molecule has 0 aliphatic carbocycles. The highest BCUT2D eigenvalue weighted by Crippen LogP contribution is 2.37. The Morgan fingerprint density at radius 1 is 1.23 bits per heavy atom. The summed E-state index contributed by atoms with van der Waals surface area (Å²) < 4.78 is 39.9. The number of nitrogens with zero attached hydrogens (tertiary/aromatic N) is 2. The van der Waals surface area contributed by atoms with Crippen molar-refractivity contribution in [2.24, 2.45) is 0 Å². The normalized spacial score (nSPS) is 13.1. The van der Waals surface area contributed by atoms with Crippen LogP contribution in [0, 0.1) is 6.92 Å². The number of hydrogen-bond acceptors (Lipinski definition) is 4. The predicted octanol–water partition coefficient (Wildman–Crippen LogP) is 4.18. The molecule has 0 bridgehead atoms. The number of rotatable bonds is 4. The van der Waals surface area contributed by atoms with Gasteiger partial charge in [0.25, 0.3) is 5.91 Å². The van der Waals surface area contributed by atoms with Crippen molar-refractivity contribution < 1.29 is 18.0 Å². The summed E-state index contributed by atoms with van der Waals surface area (Å²) in [5.74, 6) is 0.363. The monoisotopic (exact) mass is 415 g/mol. The third kappa shape index (κ3) is 3.51. The van der Waals surface area contributed by atoms with Crippen LogP contribution >= 0.6 is 0 Å². The molecule has 30 heavy (non-hydrogen) atoms. The molecule has 0 spiro atoms. The van der Waals surface area contributed by atoms with Crippen LogP contribution in [0.5, 0.6) is 0 Å². The zero-order valence-electron chi connectivity index (χ0n) is 16.4. The van der Waals surface area contributed by atoms with E-state index in [4.69, 9.17) is 0 Å². The molecule has 2 aromatic heterocycles. The fraction of sp³-hybridized carbons (Fsp3) is 0.286. The molecule has 1 aliphatic heterocycles. The van der Waals surface area contributed by atoms with Crippen LogP contribution in [0.25, 0.3) is 22.6 Å². The lowest BCUT2D eigenvalue weighted by Gasteiger charge is -2.12. The first-order valence-electron chi connectivity index (χ1n) is 9.57. The van der Waals surface area contributed by atoms with Crippen LogP contribution in [0.15, 0.2) is 30.6 Å². The third-order valence-corrected chi connectivity index (χ3v) is 5.10. The zero-order valence-corrected chi connectivity index (χ0v) is 16.4. The topological polar surface area (TPSA) is 82.7 Å². The van der Waals surface area contributed by atoms with E-state index in [9.17, 15) is 18.0 Å². The number of nitrogens with one attached hydrogen (secondary N) is 3. The molecule has 3 N–H and O–H groups in total. The minimum atomic E-state index is -4.48. The third-order valence-electron chi connectivity index (χ3n) is 5.10. The number of amides is 1. The Hall–Kier alpha value is -3.36. The second kappa shape index (κ2) is 7.47. The van der Waals surface area contributed by atoms with Gasteiger partial charge in [-0.15, -0.1) is 0 Å². The maximum absolute atomic E-state index is 13.3. The molecule has 1 amide bonds. The van der Waals surface area contributed by atoms with E-state index in [1.165, 1.54) is 12.4 Å². The molecule has 1 aromatic carbocycles. The Balaban J connectivity index is 1.90. The number of hydrogen-bond donors (Lipinski definition) is 3. The Morgan fingerprint density at radius 2 is 2.03 bits per heavy atom. The number of aromatic amines is 1. The Labute approximate surface area is 171 Å². The zero-order chi connectivity index (χ0) is 21.5. The van der Waals surface area contributed by atoms with Crippen LogP contribution in [-0.2, 0) is 12.6 Å². The molecule has 6 nitrogen and oxygen atoms in total. The van der Waals surface area contributed by atoms with Crippen LogP contribution < -0.4 is 10.6 Å². The molecular formula is C21H20F3N5O. The summed E-state index contributed by atoms with van der Waals surface area (Å²) in [6.07, 6.45) is -2.34. The first-order chi connectivity index (χ1) is 14.3. The van der Waals surface area contributed by atoms with Crippen LogP contribution in [0.2, 0.25) is 0 Å². The van der Waals surface area contributed by atoms with E-state index in [2.05, 4.69) is 25.6 Å². The van der Waals surface area contributed by atoms with Crippen molar-refractivity contribution in [1.82, 2.24) is 20.3 Å². The molecule has 156 valence electrons. The fourth-order valence-electron chi connectivity index (χ4n) is 3.64. The Kier molecular flexibility index (Phi) is 4.97. The van der Waals surface area contributed by atoms with Gasteiger partial charge in [-0.3, -0.25) is 4.79 Å². The number of carbonyl (C=O) groups excluding carboxylic acids is 1. The van der Waals surface area contributed by atoms with E-state index in [1.54, 1.807) is 19.9 Å². The van der Waals surface area contributed by atoms with Crippen LogP contribution in [0.4, 0.5) is 19.0 Å². The lowest BCUT2D eigenvalue weighted by Crippen LogP contribution is -2.22. The van der Waals surface area contributed by atoms with E-state index in [-0.39, 0.29) is 11.5 Å². The number of H-pyrrole nitrogens is 1. The highest BCUT2D eigenvalue weighted by atomic mass is 19.4. The van der Waals surface area contributed by atoms with Gasteiger partial charge >= 0.3 is 6.18 Å². The summed E-state index contributed by atoms with van der Waals surface area (Å²) in [5, 5.41) is 5.90. The van der Waals surface area contributed by atoms with E-state index in [0.717, 1.165) is 36.5 Å². The second-order valence-electron chi connectivity index (χ2n) is 7.08. The lowest BCUT2D eigenvalue weighted by atomic mass is 9.99. The number of benzene rings is 1. The second-order valence-corrected chi connectivity index (χ2v) is 7.08. The predicted molar refractivity (Wildman–Crippen MR) is 107 cm³/mol. The molecule has 0 saturated carbocycles. The molecule has 3 aromatic rings. The van der Waals surface area contributed by atoms with Gasteiger partial charge in [-0.2, -0.15) is 13.2 Å². The van der Waals surface area contributed by atoms with Crippen molar-refractivity contribution in [2.75, 3.05) is 18.4 Å². The van der Waals surface area contributed by atoms with Gasteiger partial charge in [0.2, 0.25) is 0 Å². The van der Waals surface area contributed by atoms with Crippen molar-refractivity contribution in [3.63, 3.8) is 0 Å². The number of halogens is 3. The number of alkyl halides is 3. The van der Waals surface area contributed by atoms with Gasteiger partial charge in [-0.1, -0.05) is 6.07 Å². The summed E-state index contributed by atoms with van der Waals surface area (Å²) in [7, 11) is 0. The summed E-state index contributed by atoms with van der Waals surface area (Å²) in [4.78, 5) is 24.4. The first kappa shape index (κ1) is 19.9. The van der Waals surface area contributed by atoms with E-state index >= 15 is 0 Å². The largest absolute Gasteiger partial charge is 0.416 e. The molecule has 9 heteroatoms. The van der Waals surface area contributed by atoms with Gasteiger partial charge < -0.3 is 15.6 Å². The van der Waals surface area contributed by atoms with Crippen molar-refractivity contribution in [3.8, 4) is 22.6 Å². The maximum Gasteiger partial charge on any atom is 0.416 e. The quantitative estimate of drug-likeness (QED) is 0.597. The van der Waals surface area contributed by atoms with E-state index < -0.39 is 11.7 Å². The number of aryl methyl sites for hydroxylation is 1. The Morgan fingerprint density at radius 3 is 2.77 bits per heavy atom. The smallest absolute Gasteiger partial charge is 0.369 e. The Bertz CT molecular complexity index is 1120. The summed E-state index contributed by atoms with van der Waals surface area (Å²) in [5.41, 5.74) is 2.88. The molecule has 3 heterocycles. The molecule has 0 atom stereocenters. The standard InChI is InChI=1S/C21H20F3N5O/c1-3-25-20(30)15-9-16(18-13-6-7-26-19(13)28-10-27-18)29-17(15)14-8-12(21(22,23)24)5-4-11(14)2/h4-5,8-10,29H,3,6-7H2,1-2H3,(H,25,30)(H,26,27,28). The van der Waals surface area contributed by atoms with Gasteiger partial charge in [-0.05, 0) is 44.0 Å². The molecular weight excluding hydrogens is 395 g/mol. The minimum Gasteiger partial charge on any atom is -0.369 e. The molecule has 0 saturated heterocycles. The van der Waals surface area contributed by atoms with Gasteiger partial charge in [0, 0.05) is 24.2 Å². The van der Waals surface area contributed by atoms with Crippen molar-refractivity contribution in [3.05, 3.63) is 52.8 Å². The lowest BCUT2D eigenvalue weighted by molar-refractivity contribution is -0.137. The van der Waals surface area contributed by atoms with Gasteiger partial charge in [0.1, 0.15) is 12.1 Å². The van der Waals surface area contributed by atoms with Gasteiger partial charge in [0.05, 0.1) is 28.2 Å². The van der Waals surface area contributed by atoms with E-state index in [0.29, 0.717) is 34.8 Å². The number of carbonyl (C=O) groups is 1. The van der Waals surface area contributed by atoms with Crippen molar-refractivity contribution in [1.29, 1.82) is 0 Å². The highest BCUT2D eigenvalue weighted by Gasteiger charge is 2.32. The summed E-state index contributed by atoms with van der Waals surface area (Å²) >= 11 is 0. The maximum atomic E-state index is 13.3. The highest BCUT2D eigenvalue weighted by molar-refractivity contribution is 6.02. The first-order valence-corrected chi connectivity index (χ1v) is 9.57. The average molecular weight is 415 g/mol. The number of aromatic nitrogens is 3. The molecule has 0 radical (unpaired) electrons. The molecule has 0 fully saturated rings. The van der Waals surface area contributed by atoms with Crippen LogP contribution in [0.1, 0.15) is 34.0 Å². The molecule has 1 aliphatic rings. The SMILES string of the molecule is CCNC(=O)c1cc(-c2ncnc3c2CCN3)[nH]c1-c1cc(C(F)(F)F)ccc1C. The molecule has 4 rings (SSSR count). The average Bonchev–Trinajstić information content (AvgIpc) is 3.34. The van der Waals surface area contributed by atoms with Gasteiger partial charge in [0.15, 0.2) is 0 Å². The summed E-state index contributed by atoms with van der Waals surface area (Å²) in [6.45, 7) is 4.62. The van der Waals surface area contributed by atoms with E-state index in [1.807, 2.05) is 0 Å². The number of fused-ring (bicyclic) bond motifs is 1. The summed E-state index contributed by atoms with van der Waals surface area (Å²) in [6, 6.07) is 5.16.